The van der Waals surface area contributed by atoms with E-state index in [0.717, 1.165) is 0 Å². The fraction of sp³-hybridized carbons (Fsp3) is 0.125. The third kappa shape index (κ3) is 1.31. The molecule has 0 unspecified atom stereocenters. The van der Waals surface area contributed by atoms with Crippen LogP contribution in [0.15, 0.2) is 12.1 Å². The summed E-state index contributed by atoms with van der Waals surface area (Å²) in [5.74, 6) is -0.217. The van der Waals surface area contributed by atoms with Crippen LogP contribution in [0.5, 0.6) is 0 Å². The highest BCUT2D eigenvalue weighted by Crippen LogP contribution is 2.35. The quantitative estimate of drug-likeness (QED) is 0.697. The van der Waals surface area contributed by atoms with Crippen LogP contribution in [0, 0.1) is 4.91 Å². The van der Waals surface area contributed by atoms with E-state index in [0.29, 0.717) is 16.3 Å². The molecule has 14 heavy (non-hydrogen) atoms. The Morgan fingerprint density at radius 1 is 1.50 bits per heavy atom. The van der Waals surface area contributed by atoms with Gasteiger partial charge in [-0.05, 0) is 11.6 Å². The first-order valence-electron chi connectivity index (χ1n) is 3.86. The van der Waals surface area contributed by atoms with Gasteiger partial charge in [0.2, 0.25) is 5.91 Å². The number of benzene rings is 1. The molecule has 2 rings (SSSR count). The van der Waals surface area contributed by atoms with E-state index >= 15 is 0 Å². The topological polar surface area (TPSA) is 69.4 Å². The molecule has 0 spiro atoms. The summed E-state index contributed by atoms with van der Waals surface area (Å²) in [4.78, 5) is 21.4. The van der Waals surface area contributed by atoms with E-state index in [2.05, 4.69) is 5.32 Å². The predicted molar refractivity (Wildman–Crippen MR) is 48.9 cm³/mol. The van der Waals surface area contributed by atoms with E-state index in [1.165, 1.54) is 6.07 Å². The lowest BCUT2D eigenvalue weighted by molar-refractivity contribution is -0.729. The molecular formula is C8H6ClN2O3+. The van der Waals surface area contributed by atoms with Gasteiger partial charge in [0.15, 0.2) is 0 Å². The van der Waals surface area contributed by atoms with Gasteiger partial charge < -0.3 is 5.32 Å². The Kier molecular flexibility index (Phi) is 1.89. The fourth-order valence-electron chi connectivity index (χ4n) is 1.44. The summed E-state index contributed by atoms with van der Waals surface area (Å²) < 4.78 is 0. The highest BCUT2D eigenvalue weighted by molar-refractivity contribution is 6.31. The number of nitrogens with one attached hydrogen (secondary N) is 1. The van der Waals surface area contributed by atoms with Crippen LogP contribution in [0.4, 0.5) is 11.4 Å². The zero-order chi connectivity index (χ0) is 10.3. The number of hydrogen-bond acceptors (Lipinski definition) is 2. The first kappa shape index (κ1) is 8.96. The molecule has 1 aromatic rings. The van der Waals surface area contributed by atoms with Crippen LogP contribution in [0.1, 0.15) is 5.56 Å². The molecular weight excluding hydrogens is 208 g/mol. The molecule has 1 aliphatic rings. The van der Waals surface area contributed by atoms with Gasteiger partial charge in [0, 0.05) is 11.1 Å². The van der Waals surface area contributed by atoms with Gasteiger partial charge in [-0.3, -0.25) is 4.79 Å². The first-order chi connectivity index (χ1) is 6.58. The highest BCUT2D eigenvalue weighted by atomic mass is 35.5. The van der Waals surface area contributed by atoms with Crippen molar-refractivity contribution in [2.24, 2.45) is 0 Å². The fourth-order valence-corrected chi connectivity index (χ4v) is 1.67. The third-order valence-corrected chi connectivity index (χ3v) is 2.20. The molecule has 0 saturated heterocycles. The minimum absolute atomic E-state index is 0.0432. The predicted octanol–water partition coefficient (Wildman–Crippen LogP) is 1.63. The molecule has 72 valence electrons. The van der Waals surface area contributed by atoms with Crippen molar-refractivity contribution in [1.82, 2.24) is 0 Å². The summed E-state index contributed by atoms with van der Waals surface area (Å²) in [5, 5.41) is 11.6. The van der Waals surface area contributed by atoms with Crippen molar-refractivity contribution in [3.05, 3.63) is 27.6 Å². The van der Waals surface area contributed by atoms with Gasteiger partial charge >= 0.3 is 5.69 Å². The summed E-state index contributed by atoms with van der Waals surface area (Å²) in [5.41, 5.74) is 0.905. The van der Waals surface area contributed by atoms with E-state index in [4.69, 9.17) is 16.8 Å². The van der Waals surface area contributed by atoms with Gasteiger partial charge in [-0.25, -0.2) is 5.21 Å². The molecule has 6 heteroatoms. The van der Waals surface area contributed by atoms with Crippen LogP contribution < -0.4 is 5.32 Å². The number of fused-ring (bicyclic) bond motifs is 1. The lowest BCUT2D eigenvalue weighted by Gasteiger charge is -1.97. The summed E-state index contributed by atoms with van der Waals surface area (Å²) in [6, 6.07) is 2.88. The van der Waals surface area contributed by atoms with Crippen LogP contribution in [0.2, 0.25) is 5.02 Å². The Labute approximate surface area is 83.8 Å². The van der Waals surface area contributed by atoms with Gasteiger partial charge in [0.1, 0.15) is 5.69 Å². The molecule has 1 aromatic carbocycles. The zero-order valence-electron chi connectivity index (χ0n) is 6.95. The Morgan fingerprint density at radius 3 is 2.86 bits per heavy atom. The second-order valence-electron chi connectivity index (χ2n) is 2.96. The van der Waals surface area contributed by atoms with Crippen molar-refractivity contribution < 1.29 is 14.9 Å². The highest BCUT2D eigenvalue weighted by Gasteiger charge is 2.29. The van der Waals surface area contributed by atoms with E-state index in [-0.39, 0.29) is 22.9 Å². The van der Waals surface area contributed by atoms with Crippen molar-refractivity contribution in [2.45, 2.75) is 6.42 Å². The molecule has 0 bridgehead atoms. The van der Waals surface area contributed by atoms with E-state index < -0.39 is 0 Å². The van der Waals surface area contributed by atoms with Gasteiger partial charge in [-0.15, -0.1) is 0 Å². The minimum Gasteiger partial charge on any atom is -0.320 e. The van der Waals surface area contributed by atoms with Crippen molar-refractivity contribution in [3.63, 3.8) is 0 Å². The standard InChI is InChI=1S/C8H5ClN2O3/c9-5-1-4-2-7(12)10-8(4)6(3-5)11(13)14/h1,3H,2H2,(H-,10,12,13,14)/p+1. The summed E-state index contributed by atoms with van der Waals surface area (Å²) in [6.07, 6.45) is 0.177. The molecule has 1 aliphatic heterocycles. The van der Waals surface area contributed by atoms with Gasteiger partial charge in [-0.2, -0.15) is 0 Å². The smallest absolute Gasteiger partial charge is 0.320 e. The summed E-state index contributed by atoms with van der Waals surface area (Å²) in [7, 11) is 0. The Morgan fingerprint density at radius 2 is 2.21 bits per heavy atom. The van der Waals surface area contributed by atoms with Gasteiger partial charge in [0.25, 0.3) is 4.92 Å². The SMILES string of the molecule is O=C1Cc2cc(Cl)cc([N+](=O)O)c2N1. The van der Waals surface area contributed by atoms with Crippen LogP contribution in [0.25, 0.3) is 0 Å². The molecule has 2 N–H and O–H groups in total. The second kappa shape index (κ2) is 2.95. The Bertz CT molecular complexity index is 444. The number of hydrogen-bond donors (Lipinski definition) is 2. The monoisotopic (exact) mass is 213 g/mol. The number of carbonyl (C=O) groups excluding carboxylic acids is 1. The Hall–Kier alpha value is -1.62. The largest absolute Gasteiger partial charge is 0.341 e. The number of nitrogens with zero attached hydrogens (tertiary/aromatic N) is 1. The van der Waals surface area contributed by atoms with Crippen LogP contribution in [0.3, 0.4) is 0 Å². The van der Waals surface area contributed by atoms with E-state index in [1.54, 1.807) is 6.07 Å². The van der Waals surface area contributed by atoms with E-state index in [9.17, 15) is 9.70 Å². The lowest BCUT2D eigenvalue weighted by atomic mass is 10.1. The maximum absolute atomic E-state index is 11.0. The number of anilines is 1. The number of amides is 1. The molecule has 0 aliphatic carbocycles. The molecule has 5 nitrogen and oxygen atoms in total. The first-order valence-corrected chi connectivity index (χ1v) is 4.24. The van der Waals surface area contributed by atoms with Gasteiger partial charge in [0.05, 0.1) is 11.3 Å². The minimum atomic E-state index is -0.309. The molecule has 0 fully saturated rings. The molecule has 0 saturated carbocycles. The second-order valence-corrected chi connectivity index (χ2v) is 3.39. The summed E-state index contributed by atoms with van der Waals surface area (Å²) >= 11 is 5.70. The molecule has 0 atom stereocenters. The van der Waals surface area contributed by atoms with Crippen molar-refractivity contribution >= 4 is 28.9 Å². The van der Waals surface area contributed by atoms with Crippen LogP contribution >= 0.6 is 11.6 Å². The summed E-state index contributed by atoms with van der Waals surface area (Å²) in [6.45, 7) is 0. The van der Waals surface area contributed by atoms with Gasteiger partial charge in [-0.1, -0.05) is 11.6 Å². The maximum atomic E-state index is 11.0. The van der Waals surface area contributed by atoms with E-state index in [1.807, 2.05) is 0 Å². The van der Waals surface area contributed by atoms with Crippen LogP contribution in [-0.2, 0) is 11.2 Å². The van der Waals surface area contributed by atoms with Crippen molar-refractivity contribution in [3.8, 4) is 0 Å². The molecule has 1 amide bonds. The normalized spacial score (nSPS) is 13.6. The zero-order valence-corrected chi connectivity index (χ0v) is 7.71. The average molecular weight is 214 g/mol. The molecule has 0 aromatic heterocycles. The third-order valence-electron chi connectivity index (χ3n) is 1.99. The average Bonchev–Trinajstić information content (AvgIpc) is 2.42. The number of rotatable bonds is 1. The Balaban J connectivity index is 2.63. The van der Waals surface area contributed by atoms with Crippen molar-refractivity contribution in [1.29, 1.82) is 0 Å². The lowest BCUT2D eigenvalue weighted by Crippen LogP contribution is -2.05. The molecule has 1 heterocycles. The maximum Gasteiger partial charge on any atom is 0.341 e. The van der Waals surface area contributed by atoms with Crippen LogP contribution in [-0.4, -0.2) is 16.0 Å². The van der Waals surface area contributed by atoms with Crippen molar-refractivity contribution in [2.75, 3.05) is 5.32 Å². The molecule has 0 radical (unpaired) electrons. The number of halogens is 1. The number of carbonyl (C=O) groups is 1.